The van der Waals surface area contributed by atoms with E-state index in [-0.39, 0.29) is 11.8 Å². The summed E-state index contributed by atoms with van der Waals surface area (Å²) in [5, 5.41) is 12.0. The lowest BCUT2D eigenvalue weighted by Gasteiger charge is -2.33. The Hall–Kier alpha value is -2.13. The fourth-order valence-electron chi connectivity index (χ4n) is 2.48. The highest BCUT2D eigenvalue weighted by Gasteiger charge is 2.26. The second-order valence-corrected chi connectivity index (χ2v) is 4.87. The lowest BCUT2D eigenvalue weighted by molar-refractivity contribution is -0.125. The SMILES string of the molecule is N#Cc1ccncc1N1CCCC(C(=O)NCCN)C1. The van der Waals surface area contributed by atoms with Crippen LogP contribution in [0, 0.1) is 17.2 Å². The smallest absolute Gasteiger partial charge is 0.224 e. The number of hydrogen-bond acceptors (Lipinski definition) is 5. The topological polar surface area (TPSA) is 95.0 Å². The van der Waals surface area contributed by atoms with Crippen LogP contribution in [0.4, 0.5) is 5.69 Å². The second kappa shape index (κ2) is 6.87. The normalized spacial score (nSPS) is 18.4. The number of carbonyl (C=O) groups excluding carboxylic acids is 1. The van der Waals surface area contributed by atoms with E-state index < -0.39 is 0 Å². The molecule has 0 saturated carbocycles. The first-order chi connectivity index (χ1) is 9.76. The summed E-state index contributed by atoms with van der Waals surface area (Å²) in [6, 6.07) is 3.87. The molecule has 2 heterocycles. The maximum Gasteiger partial charge on any atom is 0.224 e. The number of aromatic nitrogens is 1. The Morgan fingerprint density at radius 3 is 3.25 bits per heavy atom. The second-order valence-electron chi connectivity index (χ2n) is 4.87. The van der Waals surface area contributed by atoms with Gasteiger partial charge in [-0.25, -0.2) is 0 Å². The van der Waals surface area contributed by atoms with Crippen LogP contribution in [0.1, 0.15) is 18.4 Å². The van der Waals surface area contributed by atoms with Crippen molar-refractivity contribution < 1.29 is 4.79 Å². The molecular weight excluding hydrogens is 254 g/mol. The number of pyridine rings is 1. The molecule has 6 nitrogen and oxygen atoms in total. The maximum atomic E-state index is 12.0. The van der Waals surface area contributed by atoms with E-state index in [9.17, 15) is 4.79 Å². The number of rotatable bonds is 4. The third-order valence-corrected chi connectivity index (χ3v) is 3.50. The summed E-state index contributed by atoms with van der Waals surface area (Å²) in [5.74, 6) is -0.00963. The van der Waals surface area contributed by atoms with Crippen molar-refractivity contribution in [2.24, 2.45) is 11.7 Å². The summed E-state index contributed by atoms with van der Waals surface area (Å²) in [6.45, 7) is 2.42. The van der Waals surface area contributed by atoms with Gasteiger partial charge in [0.25, 0.3) is 0 Å². The molecule has 1 aliphatic heterocycles. The minimum atomic E-state index is -0.0537. The molecule has 106 valence electrons. The van der Waals surface area contributed by atoms with Crippen LogP contribution in [0.2, 0.25) is 0 Å². The average molecular weight is 273 g/mol. The molecule has 2 rings (SSSR count). The van der Waals surface area contributed by atoms with E-state index in [4.69, 9.17) is 11.0 Å². The fourth-order valence-corrected chi connectivity index (χ4v) is 2.48. The molecule has 1 saturated heterocycles. The molecule has 1 fully saturated rings. The standard InChI is InChI=1S/C14H19N5O/c15-4-6-18-14(20)12-2-1-7-19(10-12)13-9-17-5-3-11(13)8-16/h3,5,9,12H,1-2,4,6-7,10,15H2,(H,18,20). The van der Waals surface area contributed by atoms with Crippen LogP contribution in [-0.2, 0) is 4.79 Å². The molecule has 0 aliphatic carbocycles. The van der Waals surface area contributed by atoms with Crippen molar-refractivity contribution in [1.82, 2.24) is 10.3 Å². The summed E-state index contributed by atoms with van der Waals surface area (Å²) >= 11 is 0. The highest BCUT2D eigenvalue weighted by molar-refractivity contribution is 5.79. The van der Waals surface area contributed by atoms with Crippen molar-refractivity contribution in [2.45, 2.75) is 12.8 Å². The van der Waals surface area contributed by atoms with Gasteiger partial charge >= 0.3 is 0 Å². The molecule has 6 heteroatoms. The van der Waals surface area contributed by atoms with Gasteiger partial charge in [-0.2, -0.15) is 5.26 Å². The molecule has 1 aromatic heterocycles. The predicted octanol–water partition coefficient (Wildman–Crippen LogP) is 0.245. The van der Waals surface area contributed by atoms with Gasteiger partial charge in [-0.1, -0.05) is 0 Å². The fraction of sp³-hybridized carbons (Fsp3) is 0.500. The van der Waals surface area contributed by atoms with E-state index in [2.05, 4.69) is 21.3 Å². The van der Waals surface area contributed by atoms with Gasteiger partial charge in [0.15, 0.2) is 0 Å². The number of nitrogens with two attached hydrogens (primary N) is 1. The van der Waals surface area contributed by atoms with Gasteiger partial charge in [-0.15, -0.1) is 0 Å². The minimum absolute atomic E-state index is 0.0440. The Kier molecular flexibility index (Phi) is 4.91. The number of nitrogens with one attached hydrogen (secondary N) is 1. The minimum Gasteiger partial charge on any atom is -0.368 e. The van der Waals surface area contributed by atoms with Gasteiger partial charge in [0.05, 0.1) is 23.4 Å². The zero-order chi connectivity index (χ0) is 14.4. The lowest BCUT2D eigenvalue weighted by Crippen LogP contribution is -2.44. The van der Waals surface area contributed by atoms with E-state index in [1.165, 1.54) is 0 Å². The van der Waals surface area contributed by atoms with Crippen molar-refractivity contribution in [1.29, 1.82) is 5.26 Å². The van der Waals surface area contributed by atoms with Gasteiger partial charge in [0.1, 0.15) is 6.07 Å². The van der Waals surface area contributed by atoms with Gasteiger partial charge in [-0.05, 0) is 18.9 Å². The number of nitriles is 1. The van der Waals surface area contributed by atoms with Crippen LogP contribution >= 0.6 is 0 Å². The van der Waals surface area contributed by atoms with Crippen LogP contribution in [0.3, 0.4) is 0 Å². The molecule has 1 aliphatic rings. The largest absolute Gasteiger partial charge is 0.368 e. The highest BCUT2D eigenvalue weighted by Crippen LogP contribution is 2.25. The van der Waals surface area contributed by atoms with E-state index in [0.717, 1.165) is 25.1 Å². The van der Waals surface area contributed by atoms with Gasteiger partial charge < -0.3 is 16.0 Å². The van der Waals surface area contributed by atoms with Crippen LogP contribution in [0.15, 0.2) is 18.5 Å². The number of nitrogens with zero attached hydrogens (tertiary/aromatic N) is 3. The third-order valence-electron chi connectivity index (χ3n) is 3.50. The average Bonchev–Trinajstić information content (AvgIpc) is 2.52. The van der Waals surface area contributed by atoms with E-state index in [0.29, 0.717) is 25.2 Å². The summed E-state index contributed by atoms with van der Waals surface area (Å²) < 4.78 is 0. The van der Waals surface area contributed by atoms with Crippen molar-refractivity contribution >= 4 is 11.6 Å². The molecule has 1 unspecified atom stereocenters. The highest BCUT2D eigenvalue weighted by atomic mass is 16.1. The molecule has 3 N–H and O–H groups in total. The number of piperidine rings is 1. The predicted molar refractivity (Wildman–Crippen MR) is 76.0 cm³/mol. The van der Waals surface area contributed by atoms with Crippen LogP contribution in [0.5, 0.6) is 0 Å². The molecule has 1 atom stereocenters. The van der Waals surface area contributed by atoms with Gasteiger partial charge in [-0.3, -0.25) is 9.78 Å². The van der Waals surface area contributed by atoms with Crippen LogP contribution < -0.4 is 16.0 Å². The van der Waals surface area contributed by atoms with Crippen LogP contribution in [-0.4, -0.2) is 37.1 Å². The number of amides is 1. The number of anilines is 1. The Labute approximate surface area is 118 Å². The molecule has 0 spiro atoms. The van der Waals surface area contributed by atoms with Crippen molar-refractivity contribution in [3.8, 4) is 6.07 Å². The van der Waals surface area contributed by atoms with Crippen LogP contribution in [0.25, 0.3) is 0 Å². The zero-order valence-corrected chi connectivity index (χ0v) is 11.4. The van der Waals surface area contributed by atoms with E-state index >= 15 is 0 Å². The molecule has 20 heavy (non-hydrogen) atoms. The monoisotopic (exact) mass is 273 g/mol. The van der Waals surface area contributed by atoms with Crippen molar-refractivity contribution in [3.63, 3.8) is 0 Å². The first kappa shape index (κ1) is 14.3. The Bertz CT molecular complexity index is 511. The van der Waals surface area contributed by atoms with Crippen molar-refractivity contribution in [3.05, 3.63) is 24.0 Å². The van der Waals surface area contributed by atoms with Crippen molar-refractivity contribution in [2.75, 3.05) is 31.1 Å². The molecule has 0 radical (unpaired) electrons. The molecule has 1 aromatic rings. The molecule has 0 bridgehead atoms. The Morgan fingerprint density at radius 2 is 2.50 bits per heavy atom. The quantitative estimate of drug-likeness (QED) is 0.819. The maximum absolute atomic E-state index is 12.0. The summed E-state index contributed by atoms with van der Waals surface area (Å²) in [6.07, 6.45) is 5.10. The zero-order valence-electron chi connectivity index (χ0n) is 11.4. The number of carbonyl (C=O) groups is 1. The van der Waals surface area contributed by atoms with Gasteiger partial charge in [0, 0.05) is 32.4 Å². The number of hydrogen-bond donors (Lipinski definition) is 2. The Morgan fingerprint density at radius 1 is 1.65 bits per heavy atom. The first-order valence-electron chi connectivity index (χ1n) is 6.83. The Balaban J connectivity index is 2.07. The summed E-state index contributed by atoms with van der Waals surface area (Å²) in [5.41, 5.74) is 6.80. The molecule has 0 aromatic carbocycles. The summed E-state index contributed by atoms with van der Waals surface area (Å²) in [7, 11) is 0. The van der Waals surface area contributed by atoms with E-state index in [1.54, 1.807) is 18.5 Å². The first-order valence-corrected chi connectivity index (χ1v) is 6.83. The lowest BCUT2D eigenvalue weighted by atomic mass is 9.96. The molecule has 1 amide bonds. The van der Waals surface area contributed by atoms with Gasteiger partial charge in [0.2, 0.25) is 5.91 Å². The molecular formula is C14H19N5O. The summed E-state index contributed by atoms with van der Waals surface area (Å²) in [4.78, 5) is 18.2. The third kappa shape index (κ3) is 3.25. The van der Waals surface area contributed by atoms with E-state index in [1.807, 2.05) is 0 Å².